The first-order chi connectivity index (χ1) is 15.4. The number of amides is 3. The topological polar surface area (TPSA) is 74.8 Å². The molecule has 6 nitrogen and oxygen atoms in total. The van der Waals surface area contributed by atoms with E-state index in [1.807, 2.05) is 12.2 Å². The molecule has 0 unspecified atom stereocenters. The van der Waals surface area contributed by atoms with E-state index in [4.69, 9.17) is 23.2 Å². The summed E-state index contributed by atoms with van der Waals surface area (Å²) in [5, 5.41) is 2.26. The van der Waals surface area contributed by atoms with Crippen molar-refractivity contribution < 1.29 is 19.2 Å². The number of carbonyl (C=O) groups excluding carboxylic acids is 4. The zero-order valence-electron chi connectivity index (χ0n) is 16.8. The van der Waals surface area contributed by atoms with Gasteiger partial charge in [0.2, 0.25) is 0 Å². The van der Waals surface area contributed by atoms with Gasteiger partial charge in [-0.3, -0.25) is 19.2 Å². The number of hydrogen-bond acceptors (Lipinski definition) is 4. The van der Waals surface area contributed by atoms with Crippen molar-refractivity contribution in [1.82, 2.24) is 10.0 Å². The second-order valence-corrected chi connectivity index (χ2v) is 9.08. The number of benzene rings is 2. The van der Waals surface area contributed by atoms with E-state index in [1.54, 1.807) is 30.3 Å². The maximum absolute atomic E-state index is 13.5. The maximum Gasteiger partial charge on any atom is 0.273 e. The SMILES string of the molecule is O=C(CN(C(=O)c1ccc(Cl)c(Cl)c1)N1C(=O)[C@H]2[C@H](C1=O)[C@H]1C=C[C@H]2C1)c1ccccc1. The van der Waals surface area contributed by atoms with E-state index in [0.717, 1.165) is 16.4 Å². The van der Waals surface area contributed by atoms with Gasteiger partial charge >= 0.3 is 0 Å². The van der Waals surface area contributed by atoms with Crippen LogP contribution >= 0.6 is 23.2 Å². The lowest BCUT2D eigenvalue weighted by molar-refractivity contribution is -0.154. The second-order valence-electron chi connectivity index (χ2n) is 8.27. The van der Waals surface area contributed by atoms with Crippen molar-refractivity contribution in [2.75, 3.05) is 6.54 Å². The van der Waals surface area contributed by atoms with Gasteiger partial charge in [-0.25, -0.2) is 5.01 Å². The number of nitrogens with zero attached hydrogens (tertiary/aromatic N) is 2. The average molecular weight is 469 g/mol. The molecule has 2 aromatic carbocycles. The minimum Gasteiger partial charge on any atom is -0.292 e. The lowest BCUT2D eigenvalue weighted by Gasteiger charge is -2.31. The summed E-state index contributed by atoms with van der Waals surface area (Å²) in [6, 6.07) is 12.7. The first-order valence-corrected chi connectivity index (χ1v) is 11.0. The standard InChI is InChI=1S/C24H18Cl2N2O4/c25-17-9-8-16(11-18(17)26)22(30)27(12-19(29)13-4-2-1-3-5-13)28-23(31)20-14-6-7-15(10-14)21(20)24(28)32/h1-9,11,14-15,20-21H,10,12H2/t14-,15-,20+,21+/m0/s1. The molecule has 1 aliphatic heterocycles. The molecular formula is C24H18Cl2N2O4. The van der Waals surface area contributed by atoms with E-state index in [1.165, 1.54) is 18.2 Å². The molecule has 0 aromatic heterocycles. The molecule has 0 spiro atoms. The van der Waals surface area contributed by atoms with Crippen LogP contribution in [0.15, 0.2) is 60.7 Å². The maximum atomic E-state index is 13.5. The summed E-state index contributed by atoms with van der Waals surface area (Å²) in [7, 11) is 0. The van der Waals surface area contributed by atoms with Crippen LogP contribution in [0.3, 0.4) is 0 Å². The van der Waals surface area contributed by atoms with Gasteiger partial charge in [0.1, 0.15) is 6.54 Å². The van der Waals surface area contributed by atoms with Gasteiger partial charge in [0.25, 0.3) is 17.7 Å². The predicted octanol–water partition coefficient (Wildman–Crippen LogP) is 4.04. The Morgan fingerprint density at radius 3 is 2.09 bits per heavy atom. The van der Waals surface area contributed by atoms with Gasteiger partial charge in [-0.2, -0.15) is 5.01 Å². The van der Waals surface area contributed by atoms with Crippen LogP contribution in [-0.2, 0) is 9.59 Å². The third kappa shape index (κ3) is 3.26. The summed E-state index contributed by atoms with van der Waals surface area (Å²) in [5.41, 5.74) is 0.500. The van der Waals surface area contributed by atoms with E-state index >= 15 is 0 Å². The monoisotopic (exact) mass is 468 g/mol. The predicted molar refractivity (Wildman–Crippen MR) is 118 cm³/mol. The van der Waals surface area contributed by atoms with E-state index < -0.39 is 41.9 Å². The van der Waals surface area contributed by atoms with Gasteiger partial charge < -0.3 is 0 Å². The van der Waals surface area contributed by atoms with Gasteiger partial charge in [0, 0.05) is 11.1 Å². The fourth-order valence-electron chi connectivity index (χ4n) is 4.99. The van der Waals surface area contributed by atoms with Crippen molar-refractivity contribution in [2.24, 2.45) is 23.7 Å². The molecule has 32 heavy (non-hydrogen) atoms. The molecular weight excluding hydrogens is 451 g/mol. The Kier molecular flexibility index (Phi) is 5.14. The molecule has 3 aliphatic rings. The molecule has 1 saturated heterocycles. The highest BCUT2D eigenvalue weighted by Gasteiger charge is 2.61. The average Bonchev–Trinajstić information content (AvgIpc) is 3.48. The van der Waals surface area contributed by atoms with Crippen LogP contribution in [0.1, 0.15) is 27.1 Å². The van der Waals surface area contributed by atoms with E-state index in [2.05, 4.69) is 0 Å². The van der Waals surface area contributed by atoms with Crippen LogP contribution in [0.25, 0.3) is 0 Å². The van der Waals surface area contributed by atoms with Crippen LogP contribution < -0.4 is 0 Å². The lowest BCUT2D eigenvalue weighted by atomic mass is 9.85. The first-order valence-electron chi connectivity index (χ1n) is 10.3. The second kappa shape index (κ2) is 7.87. The molecule has 4 atom stereocenters. The van der Waals surface area contributed by atoms with Gasteiger partial charge in [-0.1, -0.05) is 65.7 Å². The highest BCUT2D eigenvalue weighted by atomic mass is 35.5. The number of allylic oxidation sites excluding steroid dienone is 2. The Balaban J connectivity index is 1.51. The van der Waals surface area contributed by atoms with Crippen molar-refractivity contribution in [3.05, 3.63) is 81.9 Å². The molecule has 1 heterocycles. The number of rotatable bonds is 5. The highest BCUT2D eigenvalue weighted by Crippen LogP contribution is 2.52. The van der Waals surface area contributed by atoms with E-state index in [9.17, 15) is 19.2 Å². The molecule has 0 radical (unpaired) electrons. The Morgan fingerprint density at radius 2 is 1.50 bits per heavy atom. The third-order valence-corrected chi connectivity index (χ3v) is 7.22. The Morgan fingerprint density at radius 1 is 0.875 bits per heavy atom. The Bertz CT molecular complexity index is 1150. The zero-order chi connectivity index (χ0) is 22.6. The van der Waals surface area contributed by atoms with Gasteiger partial charge in [-0.05, 0) is 36.5 Å². The summed E-state index contributed by atoms with van der Waals surface area (Å²) >= 11 is 12.1. The molecule has 2 aliphatic carbocycles. The summed E-state index contributed by atoms with van der Waals surface area (Å²) in [4.78, 5) is 53.1. The van der Waals surface area contributed by atoms with Crippen molar-refractivity contribution in [2.45, 2.75) is 6.42 Å². The van der Waals surface area contributed by atoms with E-state index in [-0.39, 0.29) is 27.4 Å². The summed E-state index contributed by atoms with van der Waals surface area (Å²) in [6.07, 6.45) is 4.71. The zero-order valence-corrected chi connectivity index (χ0v) is 18.3. The van der Waals surface area contributed by atoms with Crippen molar-refractivity contribution in [3.8, 4) is 0 Å². The summed E-state index contributed by atoms with van der Waals surface area (Å²) in [5.74, 6) is -2.96. The number of hydrazine groups is 1. The number of Topliss-reactive ketones (excluding diaryl/α,β-unsaturated/α-hetero) is 1. The molecule has 1 saturated carbocycles. The molecule has 2 bridgehead atoms. The first kappa shape index (κ1) is 20.9. The van der Waals surface area contributed by atoms with Crippen LogP contribution in [0, 0.1) is 23.7 Å². The minimum absolute atomic E-state index is 0.0156. The Labute approximate surface area is 194 Å². The lowest BCUT2D eigenvalue weighted by Crippen LogP contribution is -2.52. The quantitative estimate of drug-likeness (QED) is 0.377. The minimum atomic E-state index is -0.671. The van der Waals surface area contributed by atoms with Gasteiger partial charge in [-0.15, -0.1) is 0 Å². The Hall–Kier alpha value is -2.96. The highest BCUT2D eigenvalue weighted by molar-refractivity contribution is 6.42. The molecule has 2 aromatic rings. The summed E-state index contributed by atoms with van der Waals surface area (Å²) < 4.78 is 0. The molecule has 3 amide bonds. The largest absolute Gasteiger partial charge is 0.292 e. The number of fused-ring (bicyclic) bond motifs is 5. The third-order valence-electron chi connectivity index (χ3n) is 6.48. The molecule has 8 heteroatoms. The van der Waals surface area contributed by atoms with Crippen LogP contribution in [0.4, 0.5) is 0 Å². The van der Waals surface area contributed by atoms with Crippen LogP contribution in [0.5, 0.6) is 0 Å². The van der Waals surface area contributed by atoms with Crippen molar-refractivity contribution in [3.63, 3.8) is 0 Å². The van der Waals surface area contributed by atoms with Crippen molar-refractivity contribution in [1.29, 1.82) is 0 Å². The normalized spacial score (nSPS) is 25.4. The molecule has 2 fully saturated rings. The van der Waals surface area contributed by atoms with Crippen LogP contribution in [-0.4, -0.2) is 40.1 Å². The fourth-order valence-corrected chi connectivity index (χ4v) is 5.29. The molecule has 5 rings (SSSR count). The summed E-state index contributed by atoms with van der Waals surface area (Å²) in [6.45, 7) is -0.456. The fraction of sp³-hybridized carbons (Fsp3) is 0.250. The number of imide groups is 1. The number of carbonyl (C=O) groups is 4. The number of halogens is 2. The smallest absolute Gasteiger partial charge is 0.273 e. The van der Waals surface area contributed by atoms with Crippen LogP contribution in [0.2, 0.25) is 10.0 Å². The molecule has 162 valence electrons. The number of ketones is 1. The van der Waals surface area contributed by atoms with E-state index in [0.29, 0.717) is 5.56 Å². The van der Waals surface area contributed by atoms with Gasteiger partial charge in [0.05, 0.1) is 21.9 Å². The van der Waals surface area contributed by atoms with Crippen molar-refractivity contribution >= 4 is 46.7 Å². The number of hydrogen-bond donors (Lipinski definition) is 0. The molecule has 0 N–H and O–H groups in total. The van der Waals surface area contributed by atoms with Gasteiger partial charge in [0.15, 0.2) is 5.78 Å².